The zero-order valence-electron chi connectivity index (χ0n) is 12.2. The Morgan fingerprint density at radius 1 is 1.23 bits per heavy atom. The number of nitrogens with zero attached hydrogens (tertiary/aromatic N) is 3. The fourth-order valence-electron chi connectivity index (χ4n) is 2.13. The highest BCUT2D eigenvalue weighted by Gasteiger charge is 2.10. The van der Waals surface area contributed by atoms with Crippen molar-refractivity contribution in [3.63, 3.8) is 0 Å². The lowest BCUT2D eigenvalue weighted by Gasteiger charge is -2.04. The Bertz CT molecular complexity index is 785. The van der Waals surface area contributed by atoms with Gasteiger partial charge in [0.05, 0.1) is 29.0 Å². The fourth-order valence-corrected chi connectivity index (χ4v) is 2.94. The van der Waals surface area contributed by atoms with Gasteiger partial charge in [-0.25, -0.2) is 4.98 Å². The monoisotopic (exact) mass is 312 g/mol. The Morgan fingerprint density at radius 2 is 2.05 bits per heavy atom. The summed E-state index contributed by atoms with van der Waals surface area (Å²) in [5.41, 5.74) is 2.86. The van der Waals surface area contributed by atoms with Crippen molar-refractivity contribution >= 4 is 28.7 Å². The average Bonchev–Trinajstić information content (AvgIpc) is 2.88. The van der Waals surface area contributed by atoms with E-state index in [1.165, 1.54) is 11.8 Å². The second-order valence-electron chi connectivity index (χ2n) is 4.83. The molecule has 0 aliphatic rings. The van der Waals surface area contributed by atoms with E-state index in [1.807, 2.05) is 54.1 Å². The summed E-state index contributed by atoms with van der Waals surface area (Å²) >= 11 is 1.44. The highest BCUT2D eigenvalue weighted by molar-refractivity contribution is 7.99. The number of carbonyl (C=O) groups is 1. The van der Waals surface area contributed by atoms with Gasteiger partial charge in [0.1, 0.15) is 0 Å². The quantitative estimate of drug-likeness (QED) is 0.735. The number of thioether (sulfide) groups is 1. The van der Waals surface area contributed by atoms with E-state index in [-0.39, 0.29) is 5.91 Å². The third-order valence-corrected chi connectivity index (χ3v) is 4.30. The zero-order valence-corrected chi connectivity index (χ0v) is 13.0. The topological polar surface area (TPSA) is 59.8 Å². The molecule has 0 radical (unpaired) electrons. The first kappa shape index (κ1) is 14.6. The van der Waals surface area contributed by atoms with Crippen LogP contribution >= 0.6 is 11.8 Å². The molecule has 112 valence electrons. The van der Waals surface area contributed by atoms with Crippen LogP contribution in [0.4, 0.5) is 0 Å². The van der Waals surface area contributed by atoms with Gasteiger partial charge in [-0.3, -0.25) is 9.78 Å². The summed E-state index contributed by atoms with van der Waals surface area (Å²) < 4.78 is 2.01. The third kappa shape index (κ3) is 3.28. The van der Waals surface area contributed by atoms with E-state index >= 15 is 0 Å². The Kier molecular flexibility index (Phi) is 4.39. The van der Waals surface area contributed by atoms with Crippen molar-refractivity contribution in [1.82, 2.24) is 19.9 Å². The van der Waals surface area contributed by atoms with Crippen molar-refractivity contribution in [2.24, 2.45) is 7.05 Å². The minimum Gasteiger partial charge on any atom is -0.350 e. The second-order valence-corrected chi connectivity index (χ2v) is 5.77. The van der Waals surface area contributed by atoms with Gasteiger partial charge < -0.3 is 9.88 Å². The average molecular weight is 312 g/mol. The Morgan fingerprint density at radius 3 is 2.82 bits per heavy atom. The lowest BCUT2D eigenvalue weighted by atomic mass is 10.3. The van der Waals surface area contributed by atoms with Crippen LogP contribution in [0.2, 0.25) is 0 Å². The number of carbonyl (C=O) groups excluding carboxylic acids is 1. The summed E-state index contributed by atoms with van der Waals surface area (Å²) in [7, 11) is 1.96. The largest absolute Gasteiger partial charge is 0.350 e. The molecule has 1 N–H and O–H groups in total. The van der Waals surface area contributed by atoms with Crippen molar-refractivity contribution in [3.05, 3.63) is 54.4 Å². The molecular weight excluding hydrogens is 296 g/mol. The van der Waals surface area contributed by atoms with Gasteiger partial charge in [0.15, 0.2) is 5.16 Å². The highest BCUT2D eigenvalue weighted by atomic mass is 32.2. The fraction of sp³-hybridized carbons (Fsp3) is 0.188. The van der Waals surface area contributed by atoms with Crippen molar-refractivity contribution in [2.75, 3.05) is 5.75 Å². The van der Waals surface area contributed by atoms with E-state index in [1.54, 1.807) is 6.20 Å². The normalized spacial score (nSPS) is 10.8. The lowest BCUT2D eigenvalue weighted by Crippen LogP contribution is -2.25. The number of pyridine rings is 1. The summed E-state index contributed by atoms with van der Waals surface area (Å²) in [4.78, 5) is 20.6. The first-order chi connectivity index (χ1) is 10.7. The molecular formula is C16H16N4OS. The van der Waals surface area contributed by atoms with Gasteiger partial charge in [0, 0.05) is 13.2 Å². The first-order valence-corrected chi connectivity index (χ1v) is 7.93. The van der Waals surface area contributed by atoms with Gasteiger partial charge in [-0.2, -0.15) is 0 Å². The van der Waals surface area contributed by atoms with E-state index in [0.717, 1.165) is 21.9 Å². The van der Waals surface area contributed by atoms with Gasteiger partial charge >= 0.3 is 0 Å². The number of hydrogen-bond donors (Lipinski definition) is 1. The van der Waals surface area contributed by atoms with Crippen LogP contribution in [0.3, 0.4) is 0 Å². The molecule has 1 amide bonds. The Labute approximate surface area is 132 Å². The molecule has 3 rings (SSSR count). The van der Waals surface area contributed by atoms with Crippen LogP contribution in [0.25, 0.3) is 11.0 Å². The SMILES string of the molecule is Cn1c(SCC(=O)NCc2ccccn2)nc2ccccc21. The number of amides is 1. The van der Waals surface area contributed by atoms with Crippen molar-refractivity contribution in [2.45, 2.75) is 11.7 Å². The Balaban J connectivity index is 1.57. The standard InChI is InChI=1S/C16H16N4OS/c1-20-14-8-3-2-7-13(14)19-16(20)22-11-15(21)18-10-12-6-4-5-9-17-12/h2-9H,10-11H2,1H3,(H,18,21). The number of benzene rings is 1. The van der Waals surface area contributed by atoms with Crippen LogP contribution in [0.5, 0.6) is 0 Å². The Hall–Kier alpha value is -2.34. The number of hydrogen-bond acceptors (Lipinski definition) is 4. The van der Waals surface area contributed by atoms with E-state index in [9.17, 15) is 4.79 Å². The summed E-state index contributed by atoms with van der Waals surface area (Å²) in [6, 6.07) is 13.6. The minimum atomic E-state index is -0.0253. The van der Waals surface area contributed by atoms with Crippen molar-refractivity contribution in [1.29, 1.82) is 0 Å². The second kappa shape index (κ2) is 6.62. The molecule has 22 heavy (non-hydrogen) atoms. The molecule has 6 heteroatoms. The van der Waals surface area contributed by atoms with Crippen molar-refractivity contribution < 1.29 is 4.79 Å². The molecule has 5 nitrogen and oxygen atoms in total. The van der Waals surface area contributed by atoms with Crippen LogP contribution in [0, 0.1) is 0 Å². The van der Waals surface area contributed by atoms with E-state index in [2.05, 4.69) is 15.3 Å². The zero-order chi connectivity index (χ0) is 15.4. The molecule has 0 saturated heterocycles. The number of nitrogens with one attached hydrogen (secondary N) is 1. The molecule has 0 atom stereocenters. The summed E-state index contributed by atoms with van der Waals surface area (Å²) in [5.74, 6) is 0.312. The van der Waals surface area contributed by atoms with Gasteiger partial charge in [0.2, 0.25) is 5.91 Å². The number of aromatic nitrogens is 3. The molecule has 0 saturated carbocycles. The molecule has 2 heterocycles. The minimum absolute atomic E-state index is 0.0253. The molecule has 0 aliphatic carbocycles. The van der Waals surface area contributed by atoms with Crippen molar-refractivity contribution in [3.8, 4) is 0 Å². The van der Waals surface area contributed by atoms with Crippen LogP contribution in [-0.4, -0.2) is 26.2 Å². The van der Waals surface area contributed by atoms with Crippen LogP contribution in [0.15, 0.2) is 53.8 Å². The third-order valence-electron chi connectivity index (χ3n) is 3.27. The van der Waals surface area contributed by atoms with Gasteiger partial charge in [-0.1, -0.05) is 30.0 Å². The molecule has 0 aliphatic heterocycles. The predicted molar refractivity (Wildman–Crippen MR) is 87.5 cm³/mol. The molecule has 0 spiro atoms. The van der Waals surface area contributed by atoms with E-state index < -0.39 is 0 Å². The van der Waals surface area contributed by atoms with Crippen LogP contribution < -0.4 is 5.32 Å². The lowest BCUT2D eigenvalue weighted by molar-refractivity contribution is -0.118. The highest BCUT2D eigenvalue weighted by Crippen LogP contribution is 2.22. The van der Waals surface area contributed by atoms with Gasteiger partial charge in [-0.15, -0.1) is 0 Å². The van der Waals surface area contributed by atoms with E-state index in [0.29, 0.717) is 12.3 Å². The predicted octanol–water partition coefficient (Wildman–Crippen LogP) is 2.38. The van der Waals surface area contributed by atoms with Crippen LogP contribution in [-0.2, 0) is 18.4 Å². The molecule has 0 bridgehead atoms. The smallest absolute Gasteiger partial charge is 0.230 e. The van der Waals surface area contributed by atoms with Gasteiger partial charge in [-0.05, 0) is 24.3 Å². The number of para-hydroxylation sites is 2. The summed E-state index contributed by atoms with van der Waals surface area (Å²) in [6.07, 6.45) is 1.72. The molecule has 1 aromatic carbocycles. The number of imidazole rings is 1. The van der Waals surface area contributed by atoms with Crippen LogP contribution in [0.1, 0.15) is 5.69 Å². The maximum atomic E-state index is 11.9. The molecule has 2 aromatic heterocycles. The maximum absolute atomic E-state index is 11.9. The summed E-state index contributed by atoms with van der Waals surface area (Å²) in [5, 5.41) is 3.70. The molecule has 3 aromatic rings. The maximum Gasteiger partial charge on any atom is 0.230 e. The number of aryl methyl sites for hydroxylation is 1. The van der Waals surface area contributed by atoms with Gasteiger partial charge in [0.25, 0.3) is 0 Å². The number of rotatable bonds is 5. The first-order valence-electron chi connectivity index (χ1n) is 6.95. The molecule has 0 unspecified atom stereocenters. The summed E-state index contributed by atoms with van der Waals surface area (Å²) in [6.45, 7) is 0.447. The van der Waals surface area contributed by atoms with E-state index in [4.69, 9.17) is 0 Å². The molecule has 0 fully saturated rings. The number of fused-ring (bicyclic) bond motifs is 1.